The largest absolute Gasteiger partial charge is 0.493 e. The molecule has 1 heterocycles. The van der Waals surface area contributed by atoms with Crippen molar-refractivity contribution in [3.63, 3.8) is 0 Å². The second-order valence-electron chi connectivity index (χ2n) is 6.09. The Labute approximate surface area is 165 Å². The number of aliphatic imine (C=N–C) groups is 1. The van der Waals surface area contributed by atoms with Crippen molar-refractivity contribution >= 4 is 17.6 Å². The molecule has 0 bridgehead atoms. The molecule has 27 heavy (non-hydrogen) atoms. The minimum Gasteiger partial charge on any atom is -0.493 e. The number of hydrogen-bond acceptors (Lipinski definition) is 4. The molecule has 148 valence electrons. The summed E-state index contributed by atoms with van der Waals surface area (Å²) in [6.45, 7) is 7.70. The predicted molar refractivity (Wildman–Crippen MR) is 109 cm³/mol. The molecule has 0 radical (unpaired) electrons. The molecule has 0 amide bonds. The molecule has 0 unspecified atom stereocenters. The normalized spacial score (nSPS) is 11.4. The maximum absolute atomic E-state index is 6.33. The van der Waals surface area contributed by atoms with Crippen LogP contribution >= 0.6 is 11.6 Å². The molecule has 0 aliphatic carbocycles. The van der Waals surface area contributed by atoms with Gasteiger partial charge in [-0.15, -0.1) is 0 Å². The maximum atomic E-state index is 6.33. The van der Waals surface area contributed by atoms with Crippen molar-refractivity contribution in [2.75, 3.05) is 20.8 Å². The molecule has 0 atom stereocenters. The molecule has 0 aliphatic heterocycles. The van der Waals surface area contributed by atoms with E-state index in [1.54, 1.807) is 14.2 Å². The maximum Gasteiger partial charge on any atom is 0.191 e. The van der Waals surface area contributed by atoms with Gasteiger partial charge in [0.2, 0.25) is 0 Å². The van der Waals surface area contributed by atoms with E-state index in [9.17, 15) is 0 Å². The van der Waals surface area contributed by atoms with Gasteiger partial charge in [0.1, 0.15) is 0 Å². The lowest BCUT2D eigenvalue weighted by molar-refractivity contribution is 0.311. The van der Waals surface area contributed by atoms with Gasteiger partial charge in [-0.2, -0.15) is 5.10 Å². The first kappa shape index (κ1) is 20.9. The number of aromatic nitrogens is 2. The lowest BCUT2D eigenvalue weighted by Gasteiger charge is -2.15. The molecular weight excluding hydrogens is 366 g/mol. The average Bonchev–Trinajstić information content (AvgIpc) is 2.89. The number of nitrogens with zero attached hydrogens (tertiary/aromatic N) is 3. The Kier molecular flexibility index (Phi) is 7.36. The standard InChI is InChI=1S/C19H28ClN5O2/c1-7-27-18-16(20)8-14(9-17(18)26-6)10-22-19(21-4)23-11-15-12(2)24-25(5)13(15)3/h8-9H,7,10-11H2,1-6H3,(H2,21,22,23). The minimum absolute atomic E-state index is 0.525. The fourth-order valence-electron chi connectivity index (χ4n) is 2.81. The van der Waals surface area contributed by atoms with Crippen molar-refractivity contribution in [2.45, 2.75) is 33.9 Å². The first-order valence-corrected chi connectivity index (χ1v) is 9.21. The number of methoxy groups -OCH3 is 1. The van der Waals surface area contributed by atoms with Crippen LogP contribution in [0, 0.1) is 13.8 Å². The summed E-state index contributed by atoms with van der Waals surface area (Å²) in [5, 5.41) is 11.6. The third-order valence-electron chi connectivity index (χ3n) is 4.35. The zero-order valence-electron chi connectivity index (χ0n) is 16.8. The van der Waals surface area contributed by atoms with Gasteiger partial charge in [-0.1, -0.05) is 11.6 Å². The van der Waals surface area contributed by atoms with E-state index in [0.29, 0.717) is 42.2 Å². The monoisotopic (exact) mass is 393 g/mol. The molecule has 0 aliphatic rings. The third-order valence-corrected chi connectivity index (χ3v) is 4.63. The molecule has 0 saturated carbocycles. The number of benzene rings is 1. The van der Waals surface area contributed by atoms with Crippen molar-refractivity contribution in [1.82, 2.24) is 20.4 Å². The van der Waals surface area contributed by atoms with Gasteiger partial charge >= 0.3 is 0 Å². The van der Waals surface area contributed by atoms with Crippen molar-refractivity contribution < 1.29 is 9.47 Å². The van der Waals surface area contributed by atoms with Crippen LogP contribution in [0.25, 0.3) is 0 Å². The number of hydrogen-bond donors (Lipinski definition) is 2. The molecule has 0 spiro atoms. The summed E-state index contributed by atoms with van der Waals surface area (Å²) >= 11 is 6.33. The van der Waals surface area contributed by atoms with Gasteiger partial charge in [-0.3, -0.25) is 9.67 Å². The first-order valence-electron chi connectivity index (χ1n) is 8.84. The van der Waals surface area contributed by atoms with E-state index < -0.39 is 0 Å². The smallest absolute Gasteiger partial charge is 0.191 e. The Balaban J connectivity index is 2.02. The van der Waals surface area contributed by atoms with Gasteiger partial charge in [0, 0.05) is 38.4 Å². The van der Waals surface area contributed by atoms with E-state index >= 15 is 0 Å². The van der Waals surface area contributed by atoms with Crippen molar-refractivity contribution in [1.29, 1.82) is 0 Å². The number of ether oxygens (including phenoxy) is 2. The third kappa shape index (κ3) is 5.07. The summed E-state index contributed by atoms with van der Waals surface area (Å²) in [4.78, 5) is 4.27. The average molecular weight is 394 g/mol. The SMILES string of the molecule is CCOc1c(Cl)cc(CNC(=NC)NCc2c(C)nn(C)c2C)cc1OC. The zero-order valence-corrected chi connectivity index (χ0v) is 17.6. The Morgan fingerprint density at radius 3 is 2.52 bits per heavy atom. The Morgan fingerprint density at radius 2 is 1.96 bits per heavy atom. The van der Waals surface area contributed by atoms with E-state index in [1.807, 2.05) is 37.7 Å². The van der Waals surface area contributed by atoms with Crippen LogP contribution in [0.4, 0.5) is 0 Å². The molecule has 1 aromatic heterocycles. The highest BCUT2D eigenvalue weighted by Crippen LogP contribution is 2.36. The number of halogens is 1. The molecule has 2 N–H and O–H groups in total. The second kappa shape index (κ2) is 9.50. The van der Waals surface area contributed by atoms with Crippen LogP contribution in [0.2, 0.25) is 5.02 Å². The molecule has 2 rings (SSSR count). The van der Waals surface area contributed by atoms with E-state index in [0.717, 1.165) is 17.0 Å². The van der Waals surface area contributed by atoms with Gasteiger partial charge < -0.3 is 20.1 Å². The summed E-state index contributed by atoms with van der Waals surface area (Å²) in [6, 6.07) is 3.78. The molecule has 8 heteroatoms. The Hall–Kier alpha value is -2.41. The lowest BCUT2D eigenvalue weighted by Crippen LogP contribution is -2.36. The van der Waals surface area contributed by atoms with E-state index in [2.05, 4.69) is 27.6 Å². The van der Waals surface area contributed by atoms with Gasteiger partial charge in [0.25, 0.3) is 0 Å². The van der Waals surface area contributed by atoms with Crippen LogP contribution in [-0.2, 0) is 20.1 Å². The summed E-state index contributed by atoms with van der Waals surface area (Å²) in [5.41, 5.74) is 4.29. The molecular formula is C19H28ClN5O2. The van der Waals surface area contributed by atoms with Crippen LogP contribution in [0.1, 0.15) is 29.4 Å². The Bertz CT molecular complexity index is 817. The second-order valence-corrected chi connectivity index (χ2v) is 6.50. The highest BCUT2D eigenvalue weighted by Gasteiger charge is 2.13. The molecule has 7 nitrogen and oxygen atoms in total. The number of guanidine groups is 1. The fourth-order valence-corrected chi connectivity index (χ4v) is 3.10. The number of rotatable bonds is 7. The van der Waals surface area contributed by atoms with Crippen LogP contribution in [0.15, 0.2) is 17.1 Å². The summed E-state index contributed by atoms with van der Waals surface area (Å²) in [5.74, 6) is 1.88. The Morgan fingerprint density at radius 1 is 1.26 bits per heavy atom. The van der Waals surface area contributed by atoms with E-state index in [1.165, 1.54) is 5.56 Å². The highest BCUT2D eigenvalue weighted by atomic mass is 35.5. The number of nitrogens with one attached hydrogen (secondary N) is 2. The predicted octanol–water partition coefficient (Wildman–Crippen LogP) is 2.96. The van der Waals surface area contributed by atoms with Crippen LogP contribution in [0.3, 0.4) is 0 Å². The summed E-state index contributed by atoms with van der Waals surface area (Å²) < 4.78 is 12.8. The van der Waals surface area contributed by atoms with Crippen molar-refractivity contribution in [2.24, 2.45) is 12.0 Å². The van der Waals surface area contributed by atoms with Crippen LogP contribution in [-0.4, -0.2) is 36.5 Å². The summed E-state index contributed by atoms with van der Waals surface area (Å²) in [6.07, 6.45) is 0. The molecule has 1 aromatic carbocycles. The topological polar surface area (TPSA) is 72.7 Å². The fraction of sp³-hybridized carbons (Fsp3) is 0.474. The summed E-state index contributed by atoms with van der Waals surface area (Å²) in [7, 11) is 5.29. The minimum atomic E-state index is 0.525. The molecule has 2 aromatic rings. The highest BCUT2D eigenvalue weighted by molar-refractivity contribution is 6.32. The zero-order chi connectivity index (χ0) is 20.0. The van der Waals surface area contributed by atoms with Crippen LogP contribution < -0.4 is 20.1 Å². The first-order chi connectivity index (χ1) is 12.9. The number of aryl methyl sites for hydroxylation is 2. The van der Waals surface area contributed by atoms with Crippen molar-refractivity contribution in [3.8, 4) is 11.5 Å². The van der Waals surface area contributed by atoms with E-state index in [-0.39, 0.29) is 0 Å². The van der Waals surface area contributed by atoms with E-state index in [4.69, 9.17) is 21.1 Å². The lowest BCUT2D eigenvalue weighted by atomic mass is 10.2. The molecule has 0 fully saturated rings. The van der Waals surface area contributed by atoms with Gasteiger partial charge in [-0.25, -0.2) is 0 Å². The van der Waals surface area contributed by atoms with Gasteiger partial charge in [0.05, 0.1) is 24.4 Å². The van der Waals surface area contributed by atoms with Crippen LogP contribution in [0.5, 0.6) is 11.5 Å². The molecule has 0 saturated heterocycles. The van der Waals surface area contributed by atoms with Gasteiger partial charge in [0.15, 0.2) is 17.5 Å². The van der Waals surface area contributed by atoms with Crippen molar-refractivity contribution in [3.05, 3.63) is 39.7 Å². The van der Waals surface area contributed by atoms with Gasteiger partial charge in [-0.05, 0) is 38.5 Å². The quantitative estimate of drug-likeness (QED) is 0.559.